The molecule has 1 N–H and O–H groups in total. The van der Waals surface area contributed by atoms with Gasteiger partial charge in [-0.15, -0.1) is 0 Å². The molecule has 0 radical (unpaired) electrons. The van der Waals surface area contributed by atoms with Crippen molar-refractivity contribution < 1.29 is 4.74 Å². The van der Waals surface area contributed by atoms with E-state index in [1.54, 1.807) is 6.20 Å². The second kappa shape index (κ2) is 6.95. The van der Waals surface area contributed by atoms with E-state index in [1.165, 1.54) is 5.56 Å². The number of benzene rings is 1. The summed E-state index contributed by atoms with van der Waals surface area (Å²) in [6, 6.07) is 10.7. The number of ether oxygens (including phenoxy) is 1. The average Bonchev–Trinajstić information content (AvgIpc) is 2.94. The first-order valence-corrected chi connectivity index (χ1v) is 6.64. The molecule has 4 heteroatoms. The Balaban J connectivity index is 1.78. The Kier molecular flexibility index (Phi) is 4.98. The Bertz CT molecular complexity index is 465. The van der Waals surface area contributed by atoms with Gasteiger partial charge in [-0.2, -0.15) is 5.10 Å². The molecule has 1 atom stereocenters. The van der Waals surface area contributed by atoms with Crippen molar-refractivity contribution in [2.45, 2.75) is 25.9 Å². The second-order valence-corrected chi connectivity index (χ2v) is 4.66. The first kappa shape index (κ1) is 13.6. The molecule has 0 fully saturated rings. The van der Waals surface area contributed by atoms with Crippen LogP contribution in [0.2, 0.25) is 0 Å². The van der Waals surface area contributed by atoms with Crippen molar-refractivity contribution in [1.29, 1.82) is 0 Å². The fourth-order valence-corrected chi connectivity index (χ4v) is 1.87. The topological polar surface area (TPSA) is 39.1 Å². The molecule has 1 heterocycles. The van der Waals surface area contributed by atoms with Crippen LogP contribution in [0.25, 0.3) is 0 Å². The van der Waals surface area contributed by atoms with Gasteiger partial charge in [0.25, 0.3) is 0 Å². The lowest BCUT2D eigenvalue weighted by molar-refractivity contribution is 0.291. The van der Waals surface area contributed by atoms with Gasteiger partial charge in [-0.25, -0.2) is 0 Å². The SMILES string of the molecule is CNC(C)Cc1ccc(OCCn2cccn2)cc1. The molecule has 0 spiro atoms. The monoisotopic (exact) mass is 259 g/mol. The molecule has 0 saturated carbocycles. The average molecular weight is 259 g/mol. The summed E-state index contributed by atoms with van der Waals surface area (Å²) in [6.07, 6.45) is 4.74. The molecular weight excluding hydrogens is 238 g/mol. The third kappa shape index (κ3) is 4.41. The number of nitrogens with one attached hydrogen (secondary N) is 1. The standard InChI is InChI=1S/C15H21N3O/c1-13(16-2)12-14-4-6-15(7-5-14)19-11-10-18-9-3-8-17-18/h3-9,13,16H,10-12H2,1-2H3. The molecule has 0 aliphatic heterocycles. The van der Waals surface area contributed by atoms with Gasteiger partial charge >= 0.3 is 0 Å². The lowest BCUT2D eigenvalue weighted by Crippen LogP contribution is -2.23. The number of nitrogens with zero attached hydrogens (tertiary/aromatic N) is 2. The van der Waals surface area contributed by atoms with Crippen molar-refractivity contribution in [2.75, 3.05) is 13.7 Å². The van der Waals surface area contributed by atoms with E-state index in [9.17, 15) is 0 Å². The highest BCUT2D eigenvalue weighted by Gasteiger charge is 2.01. The molecule has 0 bridgehead atoms. The Labute approximate surface area is 114 Å². The molecule has 2 aromatic rings. The van der Waals surface area contributed by atoms with Gasteiger partial charge < -0.3 is 10.1 Å². The van der Waals surface area contributed by atoms with Crippen molar-refractivity contribution in [3.8, 4) is 5.75 Å². The molecule has 1 unspecified atom stereocenters. The van der Waals surface area contributed by atoms with Gasteiger partial charge in [0.15, 0.2) is 0 Å². The van der Waals surface area contributed by atoms with Crippen LogP contribution < -0.4 is 10.1 Å². The molecule has 0 aliphatic carbocycles. The Morgan fingerprint density at radius 1 is 1.32 bits per heavy atom. The number of likely N-dealkylation sites (N-methyl/N-ethyl adjacent to an activating group) is 1. The summed E-state index contributed by atoms with van der Waals surface area (Å²) in [4.78, 5) is 0. The molecule has 2 rings (SSSR count). The lowest BCUT2D eigenvalue weighted by Gasteiger charge is -2.11. The van der Waals surface area contributed by atoms with Crippen LogP contribution >= 0.6 is 0 Å². The van der Waals surface area contributed by atoms with Gasteiger partial charge in [0.2, 0.25) is 0 Å². The van der Waals surface area contributed by atoms with Gasteiger partial charge in [-0.1, -0.05) is 12.1 Å². The van der Waals surface area contributed by atoms with E-state index in [2.05, 4.69) is 29.5 Å². The first-order chi connectivity index (χ1) is 9.28. The van der Waals surface area contributed by atoms with Gasteiger partial charge in [-0.3, -0.25) is 4.68 Å². The van der Waals surface area contributed by atoms with Crippen molar-refractivity contribution in [2.24, 2.45) is 0 Å². The van der Waals surface area contributed by atoms with Crippen LogP contribution in [-0.2, 0) is 13.0 Å². The minimum atomic E-state index is 0.492. The largest absolute Gasteiger partial charge is 0.492 e. The molecule has 0 amide bonds. The van der Waals surface area contributed by atoms with Crippen molar-refractivity contribution in [3.05, 3.63) is 48.3 Å². The number of hydrogen-bond donors (Lipinski definition) is 1. The van der Waals surface area contributed by atoms with Crippen LogP contribution in [0.5, 0.6) is 5.75 Å². The third-order valence-electron chi connectivity index (χ3n) is 3.11. The van der Waals surface area contributed by atoms with E-state index in [4.69, 9.17) is 4.74 Å². The number of aromatic nitrogens is 2. The molecule has 19 heavy (non-hydrogen) atoms. The molecule has 1 aromatic heterocycles. The third-order valence-corrected chi connectivity index (χ3v) is 3.11. The summed E-state index contributed by atoms with van der Waals surface area (Å²) >= 11 is 0. The lowest BCUT2D eigenvalue weighted by atomic mass is 10.1. The van der Waals surface area contributed by atoms with Crippen molar-refractivity contribution in [3.63, 3.8) is 0 Å². The highest BCUT2D eigenvalue weighted by atomic mass is 16.5. The van der Waals surface area contributed by atoms with Gasteiger partial charge in [0.05, 0.1) is 6.54 Å². The van der Waals surface area contributed by atoms with E-state index >= 15 is 0 Å². The van der Waals surface area contributed by atoms with Crippen molar-refractivity contribution in [1.82, 2.24) is 15.1 Å². The van der Waals surface area contributed by atoms with E-state index < -0.39 is 0 Å². The zero-order chi connectivity index (χ0) is 13.5. The highest BCUT2D eigenvalue weighted by molar-refractivity contribution is 5.27. The Morgan fingerprint density at radius 2 is 2.11 bits per heavy atom. The maximum absolute atomic E-state index is 5.69. The fraction of sp³-hybridized carbons (Fsp3) is 0.400. The number of rotatable bonds is 7. The summed E-state index contributed by atoms with van der Waals surface area (Å²) in [7, 11) is 1.98. The van der Waals surface area contributed by atoms with E-state index in [1.807, 2.05) is 36.1 Å². The maximum atomic E-state index is 5.69. The van der Waals surface area contributed by atoms with Gasteiger partial charge in [0.1, 0.15) is 12.4 Å². The second-order valence-electron chi connectivity index (χ2n) is 4.66. The van der Waals surface area contributed by atoms with Crippen molar-refractivity contribution >= 4 is 0 Å². The van der Waals surface area contributed by atoms with Crippen LogP contribution in [-0.4, -0.2) is 29.5 Å². The van der Waals surface area contributed by atoms with Crippen LogP contribution in [0.15, 0.2) is 42.7 Å². The maximum Gasteiger partial charge on any atom is 0.119 e. The smallest absolute Gasteiger partial charge is 0.119 e. The minimum Gasteiger partial charge on any atom is -0.492 e. The molecule has 0 aliphatic rings. The quantitative estimate of drug-likeness (QED) is 0.827. The molecular formula is C15H21N3O. The summed E-state index contributed by atoms with van der Waals surface area (Å²) in [5.74, 6) is 0.910. The molecule has 0 saturated heterocycles. The van der Waals surface area contributed by atoms with Crippen LogP contribution in [0.3, 0.4) is 0 Å². The van der Waals surface area contributed by atoms with E-state index in [0.717, 1.165) is 18.7 Å². The fourth-order valence-electron chi connectivity index (χ4n) is 1.87. The predicted octanol–water partition coefficient (Wildman–Crippen LogP) is 2.11. The van der Waals surface area contributed by atoms with E-state index in [0.29, 0.717) is 12.6 Å². The highest BCUT2D eigenvalue weighted by Crippen LogP contribution is 2.13. The van der Waals surface area contributed by atoms with E-state index in [-0.39, 0.29) is 0 Å². The molecule has 102 valence electrons. The zero-order valence-corrected chi connectivity index (χ0v) is 11.5. The predicted molar refractivity (Wildman–Crippen MR) is 76.4 cm³/mol. The summed E-state index contributed by atoms with van der Waals surface area (Å²) in [5, 5.41) is 7.37. The summed E-state index contributed by atoms with van der Waals surface area (Å²) in [6.45, 7) is 3.58. The molecule has 1 aromatic carbocycles. The first-order valence-electron chi connectivity index (χ1n) is 6.64. The molecule has 4 nitrogen and oxygen atoms in total. The van der Waals surface area contributed by atoms with Gasteiger partial charge in [0, 0.05) is 18.4 Å². The zero-order valence-electron chi connectivity index (χ0n) is 11.5. The number of hydrogen-bond acceptors (Lipinski definition) is 3. The Morgan fingerprint density at radius 3 is 2.74 bits per heavy atom. The van der Waals surface area contributed by atoms with Crippen LogP contribution in [0.1, 0.15) is 12.5 Å². The summed E-state index contributed by atoms with van der Waals surface area (Å²) in [5.41, 5.74) is 1.32. The van der Waals surface area contributed by atoms with Crippen LogP contribution in [0, 0.1) is 0 Å². The van der Waals surface area contributed by atoms with Gasteiger partial charge in [-0.05, 0) is 44.2 Å². The minimum absolute atomic E-state index is 0.492. The summed E-state index contributed by atoms with van der Waals surface area (Å²) < 4.78 is 7.55. The van der Waals surface area contributed by atoms with Crippen LogP contribution in [0.4, 0.5) is 0 Å². The Hall–Kier alpha value is -1.81. The normalized spacial score (nSPS) is 12.3.